The molecular formula is C19H21NO7. The van der Waals surface area contributed by atoms with Gasteiger partial charge in [-0.25, -0.2) is 4.79 Å². The number of methoxy groups -OCH3 is 4. The van der Waals surface area contributed by atoms with E-state index in [-0.39, 0.29) is 29.2 Å². The molecule has 2 aromatic rings. The third-order valence-corrected chi connectivity index (χ3v) is 3.87. The smallest absolute Gasteiger partial charge is 0.335 e. The van der Waals surface area contributed by atoms with Gasteiger partial charge < -0.3 is 29.4 Å². The lowest BCUT2D eigenvalue weighted by Gasteiger charge is -2.16. The molecule has 0 aliphatic carbocycles. The zero-order chi connectivity index (χ0) is 20.0. The quantitative estimate of drug-likeness (QED) is 0.731. The molecular weight excluding hydrogens is 354 g/mol. The van der Waals surface area contributed by atoms with Crippen molar-refractivity contribution in [2.45, 2.75) is 6.42 Å². The van der Waals surface area contributed by atoms with E-state index in [1.807, 2.05) is 0 Å². The Morgan fingerprint density at radius 1 is 0.926 bits per heavy atom. The van der Waals surface area contributed by atoms with Gasteiger partial charge in [0.15, 0.2) is 11.5 Å². The minimum absolute atomic E-state index is 0.0437. The number of hydrogen-bond acceptors (Lipinski definition) is 6. The van der Waals surface area contributed by atoms with Gasteiger partial charge in [0.25, 0.3) is 0 Å². The van der Waals surface area contributed by atoms with Crippen LogP contribution in [0.15, 0.2) is 30.3 Å². The Morgan fingerprint density at radius 3 is 2.00 bits per heavy atom. The van der Waals surface area contributed by atoms with Gasteiger partial charge in [0, 0.05) is 5.56 Å². The number of carbonyl (C=O) groups excluding carboxylic acids is 1. The van der Waals surface area contributed by atoms with Crippen LogP contribution in [0, 0.1) is 0 Å². The fourth-order valence-corrected chi connectivity index (χ4v) is 2.64. The van der Waals surface area contributed by atoms with Crippen molar-refractivity contribution >= 4 is 17.6 Å². The van der Waals surface area contributed by atoms with Crippen LogP contribution < -0.4 is 24.3 Å². The zero-order valence-corrected chi connectivity index (χ0v) is 15.5. The number of hydrogen-bond donors (Lipinski definition) is 2. The highest BCUT2D eigenvalue weighted by Gasteiger charge is 2.19. The summed E-state index contributed by atoms with van der Waals surface area (Å²) in [5.74, 6) is -0.120. The first-order valence-corrected chi connectivity index (χ1v) is 7.94. The second-order valence-electron chi connectivity index (χ2n) is 5.43. The Balaban J connectivity index is 2.36. The van der Waals surface area contributed by atoms with Crippen molar-refractivity contribution in [2.24, 2.45) is 0 Å². The van der Waals surface area contributed by atoms with Crippen LogP contribution in [0.2, 0.25) is 0 Å². The summed E-state index contributed by atoms with van der Waals surface area (Å²) in [7, 11) is 5.78. The molecule has 27 heavy (non-hydrogen) atoms. The molecule has 0 atom stereocenters. The highest BCUT2D eigenvalue weighted by atomic mass is 16.5. The maximum absolute atomic E-state index is 12.6. The van der Waals surface area contributed by atoms with Crippen molar-refractivity contribution in [1.29, 1.82) is 0 Å². The Labute approximate surface area is 156 Å². The molecule has 2 aromatic carbocycles. The Hall–Kier alpha value is -3.42. The molecule has 8 nitrogen and oxygen atoms in total. The van der Waals surface area contributed by atoms with Gasteiger partial charge in [-0.3, -0.25) is 4.79 Å². The average molecular weight is 375 g/mol. The molecule has 0 aromatic heterocycles. The molecule has 1 amide bonds. The topological polar surface area (TPSA) is 103 Å². The fraction of sp³-hybridized carbons (Fsp3) is 0.263. The van der Waals surface area contributed by atoms with Crippen LogP contribution in [-0.2, 0) is 11.2 Å². The highest BCUT2D eigenvalue weighted by Crippen LogP contribution is 2.37. The van der Waals surface area contributed by atoms with Crippen LogP contribution in [0.3, 0.4) is 0 Å². The van der Waals surface area contributed by atoms with Crippen molar-refractivity contribution in [1.82, 2.24) is 0 Å². The van der Waals surface area contributed by atoms with Gasteiger partial charge in [-0.1, -0.05) is 6.07 Å². The monoisotopic (exact) mass is 375 g/mol. The first kappa shape index (κ1) is 19.9. The summed E-state index contributed by atoms with van der Waals surface area (Å²) in [4.78, 5) is 23.9. The van der Waals surface area contributed by atoms with Gasteiger partial charge in [-0.2, -0.15) is 0 Å². The highest BCUT2D eigenvalue weighted by molar-refractivity contribution is 5.98. The predicted octanol–water partition coefficient (Wildman–Crippen LogP) is 2.60. The summed E-state index contributed by atoms with van der Waals surface area (Å²) in [6, 6.07) is 7.82. The third-order valence-electron chi connectivity index (χ3n) is 3.87. The lowest BCUT2D eigenvalue weighted by Crippen LogP contribution is -2.17. The maximum atomic E-state index is 12.6. The molecule has 2 rings (SSSR count). The van der Waals surface area contributed by atoms with Gasteiger partial charge in [0.1, 0.15) is 11.5 Å². The van der Waals surface area contributed by atoms with Crippen LogP contribution >= 0.6 is 0 Å². The molecule has 0 fully saturated rings. The summed E-state index contributed by atoms with van der Waals surface area (Å²) < 4.78 is 21.0. The van der Waals surface area contributed by atoms with Gasteiger partial charge in [0.2, 0.25) is 5.91 Å². The molecule has 0 aliphatic rings. The number of aromatic carboxylic acids is 1. The lowest BCUT2D eigenvalue weighted by molar-refractivity contribution is -0.115. The van der Waals surface area contributed by atoms with Crippen LogP contribution in [0.25, 0.3) is 0 Å². The minimum atomic E-state index is -1.15. The molecule has 8 heteroatoms. The largest absolute Gasteiger partial charge is 0.496 e. The number of amides is 1. The SMILES string of the molecule is COc1cccc(OC)c1CC(=O)Nc1cc(C(=O)O)cc(OC)c1OC. The van der Waals surface area contributed by atoms with Gasteiger partial charge in [-0.05, 0) is 24.3 Å². The summed E-state index contributed by atoms with van der Waals surface area (Å²) in [6.07, 6.45) is -0.0457. The number of anilines is 1. The molecule has 0 spiro atoms. The van der Waals surface area contributed by atoms with Crippen molar-refractivity contribution in [3.8, 4) is 23.0 Å². The predicted molar refractivity (Wildman–Crippen MR) is 98.4 cm³/mol. The van der Waals surface area contributed by atoms with Gasteiger partial charge >= 0.3 is 5.97 Å². The van der Waals surface area contributed by atoms with Crippen molar-refractivity contribution in [3.05, 3.63) is 41.5 Å². The van der Waals surface area contributed by atoms with Crippen molar-refractivity contribution < 1.29 is 33.6 Å². The van der Waals surface area contributed by atoms with Crippen LogP contribution in [0.1, 0.15) is 15.9 Å². The normalized spacial score (nSPS) is 10.1. The molecule has 2 N–H and O–H groups in total. The molecule has 0 bridgehead atoms. The number of carboxylic acids is 1. The van der Waals surface area contributed by atoms with E-state index in [0.717, 1.165) is 0 Å². The number of ether oxygens (including phenoxy) is 4. The van der Waals surface area contributed by atoms with Gasteiger partial charge in [-0.15, -0.1) is 0 Å². The van der Waals surface area contributed by atoms with Crippen LogP contribution in [0.5, 0.6) is 23.0 Å². The summed E-state index contributed by atoms with van der Waals surface area (Å²) in [5.41, 5.74) is 0.714. The second-order valence-corrected chi connectivity index (χ2v) is 5.43. The van der Waals surface area contributed by atoms with Gasteiger partial charge in [0.05, 0.1) is 46.1 Å². The number of benzene rings is 2. The van der Waals surface area contributed by atoms with E-state index >= 15 is 0 Å². The van der Waals surface area contributed by atoms with Crippen LogP contribution in [0.4, 0.5) is 5.69 Å². The standard InChI is InChI=1S/C19H21NO7/c1-24-14-6-5-7-15(25-2)12(14)10-17(21)20-13-8-11(19(22)23)9-16(26-3)18(13)27-4/h5-9H,10H2,1-4H3,(H,20,21)(H,22,23). The van der Waals surface area contributed by atoms with Crippen molar-refractivity contribution in [2.75, 3.05) is 33.8 Å². The first-order chi connectivity index (χ1) is 12.9. The van der Waals surface area contributed by atoms with Crippen molar-refractivity contribution in [3.63, 3.8) is 0 Å². The molecule has 0 saturated heterocycles. The summed E-state index contributed by atoms with van der Waals surface area (Å²) in [6.45, 7) is 0. The molecule has 0 radical (unpaired) electrons. The molecule has 0 heterocycles. The summed E-state index contributed by atoms with van der Waals surface area (Å²) >= 11 is 0. The molecule has 0 unspecified atom stereocenters. The lowest BCUT2D eigenvalue weighted by atomic mass is 10.1. The van der Waals surface area contributed by atoms with E-state index in [1.54, 1.807) is 18.2 Å². The number of carboxylic acid groups (broad SMARTS) is 1. The number of carbonyl (C=O) groups is 2. The average Bonchev–Trinajstić information content (AvgIpc) is 2.67. The minimum Gasteiger partial charge on any atom is -0.496 e. The molecule has 144 valence electrons. The molecule has 0 aliphatic heterocycles. The Kier molecular flexibility index (Phi) is 6.48. The van der Waals surface area contributed by atoms with Crippen LogP contribution in [-0.4, -0.2) is 45.4 Å². The zero-order valence-electron chi connectivity index (χ0n) is 15.5. The number of nitrogens with one attached hydrogen (secondary N) is 1. The second kappa shape index (κ2) is 8.79. The van der Waals surface area contributed by atoms with E-state index in [2.05, 4.69) is 5.32 Å². The van der Waals surface area contributed by atoms with E-state index < -0.39 is 11.9 Å². The fourth-order valence-electron chi connectivity index (χ4n) is 2.64. The maximum Gasteiger partial charge on any atom is 0.335 e. The summed E-state index contributed by atoms with van der Waals surface area (Å²) in [5, 5.41) is 11.9. The van der Waals surface area contributed by atoms with E-state index in [1.165, 1.54) is 40.6 Å². The van der Waals surface area contributed by atoms with E-state index in [9.17, 15) is 14.7 Å². The Bertz CT molecular complexity index is 826. The van der Waals surface area contributed by atoms with E-state index in [0.29, 0.717) is 17.1 Å². The molecule has 0 saturated carbocycles. The number of rotatable bonds is 8. The Morgan fingerprint density at radius 2 is 1.52 bits per heavy atom. The van der Waals surface area contributed by atoms with E-state index in [4.69, 9.17) is 18.9 Å². The first-order valence-electron chi connectivity index (χ1n) is 7.94. The third kappa shape index (κ3) is 4.41.